The fraction of sp³-hybridized carbons (Fsp3) is 0.400. The van der Waals surface area contributed by atoms with Crippen molar-refractivity contribution in [3.8, 4) is 0 Å². The minimum absolute atomic E-state index is 0.0461. The molecule has 2 aliphatic rings. The number of benzene rings is 1. The second-order valence-corrected chi connectivity index (χ2v) is 7.54. The number of amides is 2. The number of rotatable bonds is 4. The second kappa shape index (κ2) is 7.16. The first-order valence-electron chi connectivity index (χ1n) is 9.11. The molecule has 2 heterocycles. The quantitative estimate of drug-likeness (QED) is 0.896. The third kappa shape index (κ3) is 3.36. The van der Waals surface area contributed by atoms with Crippen molar-refractivity contribution < 1.29 is 9.59 Å². The van der Waals surface area contributed by atoms with Gasteiger partial charge in [0.1, 0.15) is 6.54 Å². The van der Waals surface area contributed by atoms with Crippen LogP contribution in [0.25, 0.3) is 0 Å². The van der Waals surface area contributed by atoms with Gasteiger partial charge < -0.3 is 14.8 Å². The summed E-state index contributed by atoms with van der Waals surface area (Å²) >= 11 is 5.96. The van der Waals surface area contributed by atoms with E-state index in [4.69, 9.17) is 11.6 Å². The number of nitrogens with one attached hydrogen (secondary N) is 1. The number of halogens is 1. The summed E-state index contributed by atoms with van der Waals surface area (Å²) in [6, 6.07) is 10.9. The lowest BCUT2D eigenvalue weighted by atomic mass is 10.1. The van der Waals surface area contributed by atoms with Crippen LogP contribution in [0.4, 0.5) is 0 Å². The fourth-order valence-corrected chi connectivity index (χ4v) is 4.08. The molecule has 2 amide bonds. The molecule has 0 bridgehead atoms. The lowest BCUT2D eigenvalue weighted by Gasteiger charge is -2.36. The van der Waals surface area contributed by atoms with Crippen molar-refractivity contribution in [1.82, 2.24) is 14.8 Å². The third-order valence-corrected chi connectivity index (χ3v) is 5.55. The van der Waals surface area contributed by atoms with Gasteiger partial charge in [-0.25, -0.2) is 0 Å². The number of aromatic nitrogens is 1. The van der Waals surface area contributed by atoms with Gasteiger partial charge in [-0.05, 0) is 42.7 Å². The number of nitrogens with zero attached hydrogens (tertiary/aromatic N) is 2. The number of hydrogen-bond acceptors (Lipinski definition) is 2. The molecule has 2 aromatic rings. The van der Waals surface area contributed by atoms with E-state index in [2.05, 4.69) is 5.32 Å². The van der Waals surface area contributed by atoms with E-state index in [0.29, 0.717) is 11.6 Å². The van der Waals surface area contributed by atoms with E-state index >= 15 is 0 Å². The Morgan fingerprint density at radius 3 is 2.62 bits per heavy atom. The lowest BCUT2D eigenvalue weighted by Crippen LogP contribution is -2.50. The molecule has 5 nitrogen and oxygen atoms in total. The van der Waals surface area contributed by atoms with Crippen LogP contribution in [0.2, 0.25) is 5.02 Å². The smallest absolute Gasteiger partial charge is 0.249 e. The highest BCUT2D eigenvalue weighted by atomic mass is 35.5. The Kier molecular flexibility index (Phi) is 4.72. The van der Waals surface area contributed by atoms with Crippen LogP contribution in [-0.2, 0) is 22.7 Å². The van der Waals surface area contributed by atoms with E-state index in [0.717, 1.165) is 36.9 Å². The zero-order chi connectivity index (χ0) is 18.1. The van der Waals surface area contributed by atoms with Crippen LogP contribution >= 0.6 is 11.6 Å². The van der Waals surface area contributed by atoms with Crippen LogP contribution in [0.3, 0.4) is 0 Å². The summed E-state index contributed by atoms with van der Waals surface area (Å²) < 4.78 is 1.87. The van der Waals surface area contributed by atoms with Crippen LogP contribution in [0.1, 0.15) is 43.0 Å². The van der Waals surface area contributed by atoms with Gasteiger partial charge in [0.2, 0.25) is 11.8 Å². The van der Waals surface area contributed by atoms with E-state index in [1.807, 2.05) is 47.2 Å². The Bertz CT molecular complexity index is 809. The minimum Gasteiger partial charge on any atom is -0.351 e. The molecule has 1 aliphatic heterocycles. The summed E-state index contributed by atoms with van der Waals surface area (Å²) in [6.45, 7) is 0.660. The first kappa shape index (κ1) is 17.2. The number of carbonyl (C=O) groups excluding carboxylic acids is 2. The molecule has 26 heavy (non-hydrogen) atoms. The van der Waals surface area contributed by atoms with E-state index in [1.54, 1.807) is 4.90 Å². The molecule has 6 heteroatoms. The fourth-order valence-electron chi connectivity index (χ4n) is 3.95. The Morgan fingerprint density at radius 1 is 1.15 bits per heavy atom. The van der Waals surface area contributed by atoms with Crippen molar-refractivity contribution in [3.63, 3.8) is 0 Å². The lowest BCUT2D eigenvalue weighted by molar-refractivity contribution is -0.144. The van der Waals surface area contributed by atoms with Gasteiger partial charge >= 0.3 is 0 Å². The van der Waals surface area contributed by atoms with Crippen molar-refractivity contribution in [2.75, 3.05) is 0 Å². The molecule has 1 N–H and O–H groups in total. The summed E-state index contributed by atoms with van der Waals surface area (Å²) in [5, 5.41) is 3.81. The molecule has 4 rings (SSSR count). The van der Waals surface area contributed by atoms with E-state index < -0.39 is 6.04 Å². The van der Waals surface area contributed by atoms with Gasteiger partial charge in [-0.15, -0.1) is 0 Å². The van der Waals surface area contributed by atoms with Crippen LogP contribution in [0, 0.1) is 0 Å². The number of carbonyl (C=O) groups is 2. The van der Waals surface area contributed by atoms with Gasteiger partial charge in [-0.3, -0.25) is 9.59 Å². The molecule has 1 fully saturated rings. The van der Waals surface area contributed by atoms with Gasteiger partial charge in [0.05, 0.1) is 5.69 Å². The summed E-state index contributed by atoms with van der Waals surface area (Å²) in [7, 11) is 0. The van der Waals surface area contributed by atoms with Crippen LogP contribution in [-0.4, -0.2) is 27.3 Å². The molecule has 1 atom stereocenters. The predicted octanol–water partition coefficient (Wildman–Crippen LogP) is 3.28. The zero-order valence-electron chi connectivity index (χ0n) is 14.5. The Morgan fingerprint density at radius 2 is 1.88 bits per heavy atom. The maximum atomic E-state index is 13.1. The van der Waals surface area contributed by atoms with Gasteiger partial charge in [0.15, 0.2) is 6.04 Å². The Labute approximate surface area is 157 Å². The topological polar surface area (TPSA) is 54.3 Å². The normalized spacial score (nSPS) is 20.3. The number of fused-ring (bicyclic) bond motifs is 1. The van der Waals surface area contributed by atoms with Crippen molar-refractivity contribution in [2.45, 2.75) is 50.9 Å². The predicted molar refractivity (Wildman–Crippen MR) is 99.6 cm³/mol. The first-order valence-corrected chi connectivity index (χ1v) is 9.49. The summed E-state index contributed by atoms with van der Waals surface area (Å²) in [6.07, 6.45) is 6.21. The summed E-state index contributed by atoms with van der Waals surface area (Å²) in [4.78, 5) is 27.5. The van der Waals surface area contributed by atoms with Gasteiger partial charge in [0, 0.05) is 23.8 Å². The molecule has 136 valence electrons. The summed E-state index contributed by atoms with van der Waals surface area (Å²) in [5.74, 6) is -0.130. The molecular formula is C20H22ClN3O2. The molecule has 1 saturated carbocycles. The van der Waals surface area contributed by atoms with Gasteiger partial charge in [-0.1, -0.05) is 36.6 Å². The van der Waals surface area contributed by atoms with Crippen molar-refractivity contribution in [3.05, 3.63) is 58.9 Å². The standard InChI is InChI=1S/C20H22ClN3O2/c21-15-9-7-14(8-10-15)12-24-18(25)13-23-11-3-6-17(23)19(24)20(26)22-16-4-1-2-5-16/h3,6-11,16,19H,1-2,4-5,12-13H2,(H,22,26). The van der Waals surface area contributed by atoms with Crippen LogP contribution in [0.5, 0.6) is 0 Å². The summed E-state index contributed by atoms with van der Waals surface area (Å²) in [5.41, 5.74) is 1.83. The molecular weight excluding hydrogens is 350 g/mol. The molecule has 1 unspecified atom stereocenters. The Balaban J connectivity index is 1.62. The van der Waals surface area contributed by atoms with Gasteiger partial charge in [-0.2, -0.15) is 0 Å². The zero-order valence-corrected chi connectivity index (χ0v) is 15.3. The average molecular weight is 372 g/mol. The maximum absolute atomic E-state index is 13.1. The highest BCUT2D eigenvalue weighted by Crippen LogP contribution is 2.30. The highest BCUT2D eigenvalue weighted by Gasteiger charge is 2.38. The molecule has 0 saturated heterocycles. The minimum atomic E-state index is -0.595. The number of hydrogen-bond donors (Lipinski definition) is 1. The molecule has 1 aliphatic carbocycles. The van der Waals surface area contributed by atoms with Crippen molar-refractivity contribution >= 4 is 23.4 Å². The SMILES string of the molecule is O=C(NC1CCCC1)C1c2cccn2CC(=O)N1Cc1ccc(Cl)cc1. The monoisotopic (exact) mass is 371 g/mol. The maximum Gasteiger partial charge on any atom is 0.249 e. The third-order valence-electron chi connectivity index (χ3n) is 5.30. The van der Waals surface area contributed by atoms with E-state index in [9.17, 15) is 9.59 Å². The molecule has 0 spiro atoms. The van der Waals surface area contributed by atoms with Crippen molar-refractivity contribution in [2.24, 2.45) is 0 Å². The molecule has 0 radical (unpaired) electrons. The molecule has 1 aromatic carbocycles. The van der Waals surface area contributed by atoms with E-state index in [-0.39, 0.29) is 24.4 Å². The molecule has 1 aromatic heterocycles. The average Bonchev–Trinajstić information content (AvgIpc) is 3.28. The Hall–Kier alpha value is -2.27. The van der Waals surface area contributed by atoms with Crippen molar-refractivity contribution in [1.29, 1.82) is 0 Å². The van der Waals surface area contributed by atoms with Crippen LogP contribution in [0.15, 0.2) is 42.6 Å². The first-order chi connectivity index (χ1) is 12.6. The largest absolute Gasteiger partial charge is 0.351 e. The van der Waals surface area contributed by atoms with E-state index in [1.165, 1.54) is 0 Å². The highest BCUT2D eigenvalue weighted by molar-refractivity contribution is 6.30. The second-order valence-electron chi connectivity index (χ2n) is 7.10. The van der Waals surface area contributed by atoms with Crippen LogP contribution < -0.4 is 5.32 Å². The van der Waals surface area contributed by atoms with Gasteiger partial charge in [0.25, 0.3) is 0 Å².